The van der Waals surface area contributed by atoms with Crippen molar-refractivity contribution in [1.82, 2.24) is 13.7 Å². The number of rotatable bonds is 4. The second-order valence-corrected chi connectivity index (χ2v) is 13.4. The highest BCUT2D eigenvalue weighted by Crippen LogP contribution is 2.40. The van der Waals surface area contributed by atoms with Crippen LogP contribution in [0.15, 0.2) is 188 Å². The zero-order chi connectivity index (χ0) is 33.5. The van der Waals surface area contributed by atoms with Crippen LogP contribution in [0.3, 0.4) is 0 Å². The maximum atomic E-state index is 2.45. The lowest BCUT2D eigenvalue weighted by Gasteiger charge is -2.15. The lowest BCUT2D eigenvalue weighted by molar-refractivity contribution is 1.15. The molecule has 0 spiro atoms. The Morgan fingerprint density at radius 3 is 1.31 bits per heavy atom. The maximum Gasteiger partial charge on any atom is 0.0562 e. The highest BCUT2D eigenvalue weighted by atomic mass is 15.0. The van der Waals surface area contributed by atoms with E-state index < -0.39 is 0 Å². The van der Waals surface area contributed by atoms with Gasteiger partial charge in [-0.15, -0.1) is 0 Å². The van der Waals surface area contributed by atoms with Gasteiger partial charge in [0.1, 0.15) is 0 Å². The van der Waals surface area contributed by atoms with Crippen LogP contribution in [0.5, 0.6) is 0 Å². The highest BCUT2D eigenvalue weighted by molar-refractivity contribution is 6.14. The SMILES string of the molecule is c1ccc(-c2ccccc2-n2c3ccccc3c3ccc(-n4c5ccccc5c5cc(-n6c7ccccc7c7ccccc76)ccc54)cc32)cc1. The van der Waals surface area contributed by atoms with Crippen molar-refractivity contribution >= 4 is 65.4 Å². The molecule has 238 valence electrons. The minimum Gasteiger partial charge on any atom is -0.309 e. The molecule has 0 fully saturated rings. The molecule has 3 aromatic heterocycles. The summed E-state index contributed by atoms with van der Waals surface area (Å²) in [5.74, 6) is 0. The molecular formula is C48H31N3. The number of benzene rings is 8. The molecule has 3 heteroatoms. The minimum absolute atomic E-state index is 1.14. The molecule has 0 saturated carbocycles. The van der Waals surface area contributed by atoms with E-state index in [4.69, 9.17) is 0 Å². The molecule has 0 atom stereocenters. The molecule has 8 aromatic carbocycles. The molecule has 0 bridgehead atoms. The van der Waals surface area contributed by atoms with E-state index in [0.717, 1.165) is 11.4 Å². The van der Waals surface area contributed by atoms with E-state index in [1.54, 1.807) is 0 Å². The zero-order valence-corrected chi connectivity index (χ0v) is 27.7. The van der Waals surface area contributed by atoms with Crippen LogP contribution in [-0.4, -0.2) is 13.7 Å². The number of hydrogen-bond donors (Lipinski definition) is 0. The monoisotopic (exact) mass is 649 g/mol. The van der Waals surface area contributed by atoms with Gasteiger partial charge in [-0.05, 0) is 66.2 Å². The number of aromatic nitrogens is 3. The molecule has 0 unspecified atom stereocenters. The summed E-state index contributed by atoms with van der Waals surface area (Å²) in [5.41, 5.74) is 13.1. The van der Waals surface area contributed by atoms with Crippen LogP contribution in [0.1, 0.15) is 0 Å². The van der Waals surface area contributed by atoms with Crippen LogP contribution in [-0.2, 0) is 0 Å². The predicted octanol–water partition coefficient (Wildman–Crippen LogP) is 12.6. The van der Waals surface area contributed by atoms with Gasteiger partial charge in [0.05, 0.1) is 38.8 Å². The Morgan fingerprint density at radius 2 is 0.686 bits per heavy atom. The van der Waals surface area contributed by atoms with Crippen LogP contribution >= 0.6 is 0 Å². The van der Waals surface area contributed by atoms with Crippen LogP contribution in [0.4, 0.5) is 0 Å². The number of para-hydroxylation sites is 5. The summed E-state index contributed by atoms with van der Waals surface area (Å²) in [6.45, 7) is 0. The first-order valence-electron chi connectivity index (χ1n) is 17.5. The summed E-state index contributed by atoms with van der Waals surface area (Å²) < 4.78 is 7.29. The van der Waals surface area contributed by atoms with E-state index in [2.05, 4.69) is 202 Å². The van der Waals surface area contributed by atoms with Crippen molar-refractivity contribution in [2.45, 2.75) is 0 Å². The molecule has 0 aliphatic rings. The van der Waals surface area contributed by atoms with Gasteiger partial charge in [0.25, 0.3) is 0 Å². The second-order valence-electron chi connectivity index (χ2n) is 13.4. The fraction of sp³-hybridized carbons (Fsp3) is 0. The Kier molecular flexibility index (Phi) is 5.96. The fourth-order valence-corrected chi connectivity index (χ4v) is 8.47. The molecule has 51 heavy (non-hydrogen) atoms. The number of nitrogens with zero attached hydrogens (tertiary/aromatic N) is 3. The third-order valence-corrected chi connectivity index (χ3v) is 10.6. The Morgan fingerprint density at radius 1 is 0.255 bits per heavy atom. The average Bonchev–Trinajstić information content (AvgIpc) is 3.83. The summed E-state index contributed by atoms with van der Waals surface area (Å²) in [7, 11) is 0. The van der Waals surface area contributed by atoms with E-state index in [-0.39, 0.29) is 0 Å². The van der Waals surface area contributed by atoms with Gasteiger partial charge in [-0.25, -0.2) is 0 Å². The standard InChI is InChI=1S/C48H31N3/c1-2-14-32(15-3-1)35-16-4-9-21-42(35)51-46-25-13-7-19-38(46)40-28-26-34(31-48(40)51)50-45-24-12-8-20-39(45)41-30-33(27-29-47(41)50)49-43-22-10-5-17-36(43)37-18-6-11-23-44(37)49/h1-31H. The molecule has 0 aliphatic carbocycles. The molecule has 0 N–H and O–H groups in total. The summed E-state index contributed by atoms with van der Waals surface area (Å²) >= 11 is 0. The van der Waals surface area contributed by atoms with Crippen molar-refractivity contribution in [3.63, 3.8) is 0 Å². The molecular weight excluding hydrogens is 619 g/mol. The number of fused-ring (bicyclic) bond motifs is 9. The Balaban J connectivity index is 1.17. The molecule has 3 nitrogen and oxygen atoms in total. The van der Waals surface area contributed by atoms with Crippen LogP contribution in [0.25, 0.3) is 93.6 Å². The normalized spacial score (nSPS) is 11.9. The largest absolute Gasteiger partial charge is 0.309 e. The summed E-state index contributed by atoms with van der Waals surface area (Å²) in [4.78, 5) is 0. The van der Waals surface area contributed by atoms with E-state index in [0.29, 0.717) is 0 Å². The molecule has 0 radical (unpaired) electrons. The molecule has 3 heterocycles. The Bertz CT molecular complexity index is 3080. The second kappa shape index (κ2) is 10.8. The summed E-state index contributed by atoms with van der Waals surface area (Å²) in [6.07, 6.45) is 0. The van der Waals surface area contributed by atoms with Gasteiger partial charge in [0, 0.05) is 49.3 Å². The van der Waals surface area contributed by atoms with Gasteiger partial charge in [-0.3, -0.25) is 0 Å². The zero-order valence-electron chi connectivity index (χ0n) is 27.7. The summed E-state index contributed by atoms with van der Waals surface area (Å²) in [5, 5.41) is 7.51. The van der Waals surface area contributed by atoms with Gasteiger partial charge in [-0.1, -0.05) is 127 Å². The van der Waals surface area contributed by atoms with Crippen LogP contribution in [0, 0.1) is 0 Å². The Hall–Kier alpha value is -6.84. The van der Waals surface area contributed by atoms with Crippen molar-refractivity contribution in [2.24, 2.45) is 0 Å². The van der Waals surface area contributed by atoms with Crippen molar-refractivity contribution in [1.29, 1.82) is 0 Å². The van der Waals surface area contributed by atoms with Crippen molar-refractivity contribution in [3.05, 3.63) is 188 Å². The van der Waals surface area contributed by atoms with Gasteiger partial charge in [-0.2, -0.15) is 0 Å². The first-order chi connectivity index (χ1) is 25.3. The van der Waals surface area contributed by atoms with E-state index >= 15 is 0 Å². The van der Waals surface area contributed by atoms with Crippen LogP contribution < -0.4 is 0 Å². The van der Waals surface area contributed by atoms with Gasteiger partial charge >= 0.3 is 0 Å². The highest BCUT2D eigenvalue weighted by Gasteiger charge is 2.19. The number of hydrogen-bond acceptors (Lipinski definition) is 0. The van der Waals surface area contributed by atoms with Crippen LogP contribution in [0.2, 0.25) is 0 Å². The molecule has 11 aromatic rings. The smallest absolute Gasteiger partial charge is 0.0562 e. The minimum atomic E-state index is 1.14. The third-order valence-electron chi connectivity index (χ3n) is 10.6. The average molecular weight is 650 g/mol. The summed E-state index contributed by atoms with van der Waals surface area (Å²) in [6, 6.07) is 68.4. The van der Waals surface area contributed by atoms with Gasteiger partial charge in [0.2, 0.25) is 0 Å². The van der Waals surface area contributed by atoms with E-state index in [1.165, 1.54) is 82.2 Å². The first kappa shape index (κ1) is 28.0. The first-order valence-corrected chi connectivity index (χ1v) is 17.5. The van der Waals surface area contributed by atoms with Gasteiger partial charge in [0.15, 0.2) is 0 Å². The molecule has 11 rings (SSSR count). The molecule has 0 aliphatic heterocycles. The predicted molar refractivity (Wildman–Crippen MR) is 215 cm³/mol. The van der Waals surface area contributed by atoms with E-state index in [9.17, 15) is 0 Å². The quantitative estimate of drug-likeness (QED) is 0.180. The fourth-order valence-electron chi connectivity index (χ4n) is 8.47. The van der Waals surface area contributed by atoms with Crippen molar-refractivity contribution < 1.29 is 0 Å². The van der Waals surface area contributed by atoms with Crippen molar-refractivity contribution in [3.8, 4) is 28.2 Å². The third kappa shape index (κ3) is 4.06. The van der Waals surface area contributed by atoms with Crippen molar-refractivity contribution in [2.75, 3.05) is 0 Å². The Labute approximate surface area is 294 Å². The topological polar surface area (TPSA) is 14.8 Å². The maximum absolute atomic E-state index is 2.45. The molecule has 0 amide bonds. The van der Waals surface area contributed by atoms with Gasteiger partial charge < -0.3 is 13.7 Å². The molecule has 0 saturated heterocycles. The van der Waals surface area contributed by atoms with E-state index in [1.807, 2.05) is 0 Å². The lowest BCUT2D eigenvalue weighted by atomic mass is 10.0. The lowest BCUT2D eigenvalue weighted by Crippen LogP contribution is -1.99.